The van der Waals surface area contributed by atoms with Gasteiger partial charge in [-0.3, -0.25) is 19.5 Å². The zero-order valence-corrected chi connectivity index (χ0v) is 14.2. The van der Waals surface area contributed by atoms with E-state index in [0.29, 0.717) is 11.4 Å². The molecule has 1 fully saturated rings. The molecule has 3 rings (SSSR count). The molecule has 25 heavy (non-hydrogen) atoms. The first-order valence-electron chi connectivity index (χ1n) is 7.85. The van der Waals surface area contributed by atoms with E-state index in [2.05, 4.69) is 10.3 Å². The Morgan fingerprint density at radius 3 is 2.84 bits per heavy atom. The Kier molecular flexibility index (Phi) is 3.81. The first-order valence-corrected chi connectivity index (χ1v) is 7.85. The molecule has 1 unspecified atom stereocenters. The number of anilines is 1. The summed E-state index contributed by atoms with van der Waals surface area (Å²) in [6, 6.07) is 0.607. The Labute approximate surface area is 144 Å². The van der Waals surface area contributed by atoms with E-state index in [9.17, 15) is 14.4 Å². The summed E-state index contributed by atoms with van der Waals surface area (Å²) in [6.07, 6.45) is 2.22. The Balaban J connectivity index is 1.91. The van der Waals surface area contributed by atoms with Gasteiger partial charge in [-0.1, -0.05) is 0 Å². The zero-order chi connectivity index (χ0) is 18.4. The standard InChI is InChI=1S/C16H20N4O5/c1-15(2,3)25-14(23)20-8-16(6-10(20)12(17)21)13(22)19-9-7-18-5-4-11(9)24-16/h4-5,7,10H,6,8H2,1-3H3,(H2,17,21)(H,19,22)/t10-,16?/m0/s1. The van der Waals surface area contributed by atoms with Crippen molar-refractivity contribution < 1.29 is 23.9 Å². The fourth-order valence-corrected chi connectivity index (χ4v) is 2.94. The number of ether oxygens (including phenoxy) is 2. The van der Waals surface area contributed by atoms with Gasteiger partial charge in [0.15, 0.2) is 0 Å². The molecule has 0 radical (unpaired) electrons. The second-order valence-electron chi connectivity index (χ2n) is 7.15. The lowest BCUT2D eigenvalue weighted by molar-refractivity contribution is -0.131. The summed E-state index contributed by atoms with van der Waals surface area (Å²) in [5.74, 6) is -0.756. The first-order chi connectivity index (χ1) is 11.6. The third-order valence-electron chi connectivity index (χ3n) is 4.03. The van der Waals surface area contributed by atoms with E-state index in [4.69, 9.17) is 15.2 Å². The summed E-state index contributed by atoms with van der Waals surface area (Å²) in [4.78, 5) is 42.0. The van der Waals surface area contributed by atoms with Crippen LogP contribution in [0.15, 0.2) is 18.5 Å². The van der Waals surface area contributed by atoms with E-state index >= 15 is 0 Å². The maximum absolute atomic E-state index is 12.6. The number of nitrogens with zero attached hydrogens (tertiary/aromatic N) is 2. The van der Waals surface area contributed by atoms with Crippen LogP contribution in [0.1, 0.15) is 27.2 Å². The summed E-state index contributed by atoms with van der Waals surface area (Å²) < 4.78 is 11.2. The zero-order valence-electron chi connectivity index (χ0n) is 14.2. The normalized spacial score (nSPS) is 25.2. The maximum Gasteiger partial charge on any atom is 0.411 e. The summed E-state index contributed by atoms with van der Waals surface area (Å²) in [5, 5.41) is 2.70. The minimum atomic E-state index is -1.40. The van der Waals surface area contributed by atoms with E-state index in [1.807, 2.05) is 0 Å². The molecule has 0 aromatic carbocycles. The van der Waals surface area contributed by atoms with Crippen molar-refractivity contribution in [3.8, 4) is 5.75 Å². The SMILES string of the molecule is CC(C)(C)OC(=O)N1CC2(C[C@H]1C(N)=O)Oc1ccncc1NC2=O. The number of likely N-dealkylation sites (tertiary alicyclic amines) is 1. The monoisotopic (exact) mass is 348 g/mol. The number of hydrogen-bond donors (Lipinski definition) is 2. The molecule has 2 atom stereocenters. The van der Waals surface area contributed by atoms with Crippen LogP contribution < -0.4 is 15.8 Å². The van der Waals surface area contributed by atoms with Crippen molar-refractivity contribution in [3.05, 3.63) is 18.5 Å². The van der Waals surface area contributed by atoms with Crippen LogP contribution in [0.4, 0.5) is 10.5 Å². The van der Waals surface area contributed by atoms with Gasteiger partial charge in [0.25, 0.3) is 5.91 Å². The predicted molar refractivity (Wildman–Crippen MR) is 86.8 cm³/mol. The number of carbonyl (C=O) groups is 3. The third kappa shape index (κ3) is 3.09. The largest absolute Gasteiger partial charge is 0.473 e. The number of aromatic nitrogens is 1. The molecule has 9 nitrogen and oxygen atoms in total. The average molecular weight is 348 g/mol. The van der Waals surface area contributed by atoms with Crippen molar-refractivity contribution in [2.24, 2.45) is 5.73 Å². The second kappa shape index (κ2) is 5.61. The third-order valence-corrected chi connectivity index (χ3v) is 4.03. The lowest BCUT2D eigenvalue weighted by Gasteiger charge is -2.34. The van der Waals surface area contributed by atoms with Gasteiger partial charge in [0.1, 0.15) is 23.1 Å². The molecule has 1 saturated heterocycles. The number of carbonyl (C=O) groups excluding carboxylic acids is 3. The number of pyridine rings is 1. The number of hydrogen-bond acceptors (Lipinski definition) is 6. The maximum atomic E-state index is 12.6. The molecule has 1 spiro atoms. The number of primary amides is 1. The van der Waals surface area contributed by atoms with Gasteiger partial charge in [-0.25, -0.2) is 4.79 Å². The quantitative estimate of drug-likeness (QED) is 0.768. The molecule has 0 aliphatic carbocycles. The molecule has 2 aliphatic heterocycles. The van der Waals surface area contributed by atoms with Crippen molar-refractivity contribution in [2.75, 3.05) is 11.9 Å². The van der Waals surface area contributed by atoms with Crippen molar-refractivity contribution >= 4 is 23.6 Å². The minimum Gasteiger partial charge on any atom is -0.473 e. The van der Waals surface area contributed by atoms with Gasteiger partial charge in [0.05, 0.1) is 12.7 Å². The summed E-state index contributed by atoms with van der Waals surface area (Å²) >= 11 is 0. The topological polar surface area (TPSA) is 124 Å². The van der Waals surface area contributed by atoms with Crippen molar-refractivity contribution in [1.29, 1.82) is 0 Å². The number of amides is 3. The predicted octanol–water partition coefficient (Wildman–Crippen LogP) is 0.646. The van der Waals surface area contributed by atoms with E-state index in [1.165, 1.54) is 12.4 Å². The smallest absolute Gasteiger partial charge is 0.411 e. The Morgan fingerprint density at radius 2 is 2.20 bits per heavy atom. The Morgan fingerprint density at radius 1 is 1.48 bits per heavy atom. The number of nitrogens with two attached hydrogens (primary N) is 1. The highest BCUT2D eigenvalue weighted by atomic mass is 16.6. The molecular weight excluding hydrogens is 328 g/mol. The van der Waals surface area contributed by atoms with Gasteiger partial charge in [-0.05, 0) is 20.8 Å². The van der Waals surface area contributed by atoms with Gasteiger partial charge in [-0.15, -0.1) is 0 Å². The molecule has 0 saturated carbocycles. The van der Waals surface area contributed by atoms with Crippen molar-refractivity contribution in [2.45, 2.75) is 44.4 Å². The van der Waals surface area contributed by atoms with Crippen molar-refractivity contribution in [1.82, 2.24) is 9.88 Å². The Hall–Kier alpha value is -2.84. The summed E-state index contributed by atoms with van der Waals surface area (Å²) in [5.41, 5.74) is 3.72. The van der Waals surface area contributed by atoms with Gasteiger partial charge in [0.2, 0.25) is 11.5 Å². The van der Waals surface area contributed by atoms with Crippen LogP contribution in [0.3, 0.4) is 0 Å². The Bertz CT molecular complexity index is 744. The minimum absolute atomic E-state index is 0.0465. The van der Waals surface area contributed by atoms with Gasteiger partial charge < -0.3 is 20.5 Å². The molecule has 3 amide bonds. The number of rotatable bonds is 1. The van der Waals surface area contributed by atoms with Crippen LogP contribution in [0.25, 0.3) is 0 Å². The van der Waals surface area contributed by atoms with E-state index in [-0.39, 0.29) is 13.0 Å². The molecule has 2 aliphatic rings. The molecule has 1 aromatic rings. The van der Waals surface area contributed by atoms with E-state index in [0.717, 1.165) is 4.90 Å². The average Bonchev–Trinajstić information content (AvgIpc) is 2.88. The van der Waals surface area contributed by atoms with Gasteiger partial charge in [0, 0.05) is 18.7 Å². The van der Waals surface area contributed by atoms with Crippen LogP contribution in [-0.2, 0) is 14.3 Å². The lowest BCUT2D eigenvalue weighted by Crippen LogP contribution is -2.53. The molecule has 3 heterocycles. The highest BCUT2D eigenvalue weighted by molar-refractivity contribution is 6.02. The van der Waals surface area contributed by atoms with Crippen LogP contribution in [-0.4, -0.2) is 51.6 Å². The van der Waals surface area contributed by atoms with E-state index in [1.54, 1.807) is 26.8 Å². The number of nitrogens with one attached hydrogen (secondary N) is 1. The molecule has 9 heteroatoms. The van der Waals surface area contributed by atoms with Crippen LogP contribution >= 0.6 is 0 Å². The van der Waals surface area contributed by atoms with Crippen molar-refractivity contribution in [3.63, 3.8) is 0 Å². The fraction of sp³-hybridized carbons (Fsp3) is 0.500. The summed E-state index contributed by atoms with van der Waals surface area (Å²) in [6.45, 7) is 5.00. The molecule has 1 aromatic heterocycles. The highest BCUT2D eigenvalue weighted by Crippen LogP contribution is 2.40. The summed E-state index contributed by atoms with van der Waals surface area (Å²) in [7, 11) is 0. The van der Waals surface area contributed by atoms with E-state index < -0.39 is 35.2 Å². The molecule has 134 valence electrons. The van der Waals surface area contributed by atoms with Gasteiger partial charge >= 0.3 is 6.09 Å². The molecular formula is C16H20N4O5. The van der Waals surface area contributed by atoms with Gasteiger partial charge in [-0.2, -0.15) is 0 Å². The molecule has 3 N–H and O–H groups in total. The van der Waals surface area contributed by atoms with Crippen LogP contribution in [0, 0.1) is 0 Å². The second-order valence-corrected chi connectivity index (χ2v) is 7.15. The fourth-order valence-electron chi connectivity index (χ4n) is 2.94. The highest BCUT2D eigenvalue weighted by Gasteiger charge is 2.57. The lowest BCUT2D eigenvalue weighted by atomic mass is 9.96. The van der Waals surface area contributed by atoms with Crippen LogP contribution in [0.5, 0.6) is 5.75 Å². The first kappa shape index (κ1) is 17.0. The number of fused-ring (bicyclic) bond motifs is 1. The molecule has 0 bridgehead atoms. The van der Waals surface area contributed by atoms with Crippen LogP contribution in [0.2, 0.25) is 0 Å².